The van der Waals surface area contributed by atoms with E-state index in [0.717, 1.165) is 0 Å². The highest BCUT2D eigenvalue weighted by Gasteiger charge is 2.49. The Bertz CT molecular complexity index is 979. The molecule has 27 heavy (non-hydrogen) atoms. The molecule has 2 aromatic rings. The van der Waals surface area contributed by atoms with Crippen molar-refractivity contribution in [2.24, 2.45) is 0 Å². The summed E-state index contributed by atoms with van der Waals surface area (Å²) in [5.74, 6) is -0.432. The van der Waals surface area contributed by atoms with E-state index in [2.05, 4.69) is 4.18 Å². The maximum Gasteiger partial charge on any atom is 0.534 e. The number of hydrogen-bond donors (Lipinski definition) is 1. The summed E-state index contributed by atoms with van der Waals surface area (Å²) in [5.41, 5.74) is -5.57. The number of alkyl halides is 3. The quantitative estimate of drug-likeness (QED) is 0.540. The van der Waals surface area contributed by atoms with Gasteiger partial charge in [0.05, 0.1) is 0 Å². The summed E-state index contributed by atoms with van der Waals surface area (Å²) in [5, 5.41) is 11.3. The summed E-state index contributed by atoms with van der Waals surface area (Å²) in [6.45, 7) is 11.0. The number of phenols is 1. The lowest BCUT2D eigenvalue weighted by molar-refractivity contribution is -0.0500. The molecule has 0 spiro atoms. The van der Waals surface area contributed by atoms with E-state index in [0.29, 0.717) is 21.9 Å². The molecule has 0 fully saturated rings. The van der Waals surface area contributed by atoms with Crippen molar-refractivity contribution in [2.75, 3.05) is 0 Å². The van der Waals surface area contributed by atoms with Gasteiger partial charge in [0.2, 0.25) is 0 Å². The molecule has 0 aliphatic heterocycles. The second-order valence-electron chi connectivity index (χ2n) is 8.55. The summed E-state index contributed by atoms with van der Waals surface area (Å²) < 4.78 is 65.7. The van der Waals surface area contributed by atoms with Crippen molar-refractivity contribution in [1.82, 2.24) is 0 Å². The SMILES string of the molecule is CC(C)(C)c1cc2cc(C(C)(C)C)c(OS(=O)(=O)C(F)(F)F)cc2cc1O. The van der Waals surface area contributed by atoms with Gasteiger partial charge in [0.1, 0.15) is 11.5 Å². The first-order chi connectivity index (χ1) is 11.9. The van der Waals surface area contributed by atoms with E-state index < -0.39 is 26.8 Å². The van der Waals surface area contributed by atoms with E-state index in [9.17, 15) is 26.7 Å². The molecule has 0 atom stereocenters. The highest BCUT2D eigenvalue weighted by Crippen LogP contribution is 2.41. The van der Waals surface area contributed by atoms with Crippen LogP contribution in [0.15, 0.2) is 24.3 Å². The second-order valence-corrected chi connectivity index (χ2v) is 10.1. The standard InChI is InChI=1S/C19H23F3O4S/c1-17(2,3)13-7-11-8-14(18(4,5)6)16(10-12(11)9-15(13)23)26-27(24,25)19(20,21)22/h7-10,23H,1-6H3. The van der Waals surface area contributed by atoms with Gasteiger partial charge in [0.25, 0.3) is 0 Å². The van der Waals surface area contributed by atoms with Crippen LogP contribution in [0.5, 0.6) is 11.5 Å². The maximum atomic E-state index is 12.8. The Kier molecular flexibility index (Phi) is 4.97. The largest absolute Gasteiger partial charge is 0.534 e. The predicted octanol–water partition coefficient (Wildman–Crippen LogP) is 5.37. The molecular formula is C19H23F3O4S. The fourth-order valence-corrected chi connectivity index (χ4v) is 3.21. The first kappa shape index (κ1) is 21.3. The molecule has 8 heteroatoms. The number of phenolic OH excluding ortho intramolecular Hbond substituents is 1. The normalized spacial score (nSPS) is 13.8. The summed E-state index contributed by atoms with van der Waals surface area (Å²) >= 11 is 0. The Hall–Kier alpha value is -1.96. The summed E-state index contributed by atoms with van der Waals surface area (Å²) in [4.78, 5) is 0. The number of benzene rings is 2. The average Bonchev–Trinajstić information content (AvgIpc) is 2.41. The summed E-state index contributed by atoms with van der Waals surface area (Å²) in [6.07, 6.45) is 0. The summed E-state index contributed by atoms with van der Waals surface area (Å²) in [6, 6.07) is 5.97. The topological polar surface area (TPSA) is 63.6 Å². The molecule has 2 rings (SSSR count). The van der Waals surface area contributed by atoms with Gasteiger partial charge < -0.3 is 9.29 Å². The van der Waals surface area contributed by atoms with Gasteiger partial charge in [-0.2, -0.15) is 21.6 Å². The minimum absolute atomic E-state index is 0.0249. The Morgan fingerprint density at radius 1 is 0.815 bits per heavy atom. The van der Waals surface area contributed by atoms with Crippen LogP contribution in [-0.2, 0) is 20.9 Å². The molecule has 2 aromatic carbocycles. The molecule has 0 unspecified atom stereocenters. The monoisotopic (exact) mass is 404 g/mol. The Morgan fingerprint density at radius 2 is 1.26 bits per heavy atom. The van der Waals surface area contributed by atoms with Crippen LogP contribution in [0.4, 0.5) is 13.2 Å². The molecule has 0 aliphatic rings. The number of rotatable bonds is 2. The van der Waals surface area contributed by atoms with Crippen LogP contribution in [0.3, 0.4) is 0 Å². The molecule has 1 N–H and O–H groups in total. The summed E-state index contributed by atoms with van der Waals surface area (Å²) in [7, 11) is -5.81. The van der Waals surface area contributed by atoms with Gasteiger partial charge in [-0.3, -0.25) is 0 Å². The van der Waals surface area contributed by atoms with Crippen molar-refractivity contribution in [2.45, 2.75) is 57.9 Å². The highest BCUT2D eigenvalue weighted by molar-refractivity contribution is 7.88. The zero-order chi connectivity index (χ0) is 21.0. The molecule has 0 amide bonds. The van der Waals surface area contributed by atoms with Crippen LogP contribution in [0, 0.1) is 0 Å². The predicted molar refractivity (Wildman–Crippen MR) is 98.6 cm³/mol. The van der Waals surface area contributed by atoms with E-state index in [1.165, 1.54) is 12.1 Å². The van der Waals surface area contributed by atoms with Gasteiger partial charge in [0.15, 0.2) is 0 Å². The minimum Gasteiger partial charge on any atom is -0.508 e. The van der Waals surface area contributed by atoms with Crippen molar-refractivity contribution in [3.05, 3.63) is 35.4 Å². The molecule has 0 saturated heterocycles. The number of fused-ring (bicyclic) bond motifs is 1. The van der Waals surface area contributed by atoms with Gasteiger partial charge in [-0.25, -0.2) is 0 Å². The van der Waals surface area contributed by atoms with Gasteiger partial charge >= 0.3 is 15.6 Å². The Morgan fingerprint density at radius 3 is 1.70 bits per heavy atom. The second kappa shape index (κ2) is 6.29. The van der Waals surface area contributed by atoms with Gasteiger partial charge in [-0.15, -0.1) is 0 Å². The van der Waals surface area contributed by atoms with E-state index in [1.54, 1.807) is 32.9 Å². The third kappa shape index (κ3) is 4.31. The van der Waals surface area contributed by atoms with Crippen LogP contribution in [0.25, 0.3) is 10.8 Å². The lowest BCUT2D eigenvalue weighted by Gasteiger charge is -2.25. The van der Waals surface area contributed by atoms with Gasteiger partial charge in [-0.1, -0.05) is 41.5 Å². The first-order valence-electron chi connectivity index (χ1n) is 8.26. The Balaban J connectivity index is 2.78. The zero-order valence-electron chi connectivity index (χ0n) is 16.0. The minimum atomic E-state index is -5.81. The lowest BCUT2D eigenvalue weighted by Crippen LogP contribution is -2.29. The van der Waals surface area contributed by atoms with Gasteiger partial charge in [-0.05, 0) is 51.4 Å². The molecule has 0 aliphatic carbocycles. The van der Waals surface area contributed by atoms with Crippen LogP contribution in [0.2, 0.25) is 0 Å². The van der Waals surface area contributed by atoms with Crippen molar-refractivity contribution in [3.63, 3.8) is 0 Å². The molecule has 0 saturated carbocycles. The molecule has 0 radical (unpaired) electrons. The maximum absolute atomic E-state index is 12.8. The number of hydrogen-bond acceptors (Lipinski definition) is 4. The van der Waals surface area contributed by atoms with Gasteiger partial charge in [0, 0.05) is 5.56 Å². The van der Waals surface area contributed by atoms with Crippen LogP contribution in [0.1, 0.15) is 52.7 Å². The highest BCUT2D eigenvalue weighted by atomic mass is 32.2. The Labute approximate surface area is 157 Å². The fraction of sp³-hybridized carbons (Fsp3) is 0.474. The van der Waals surface area contributed by atoms with Crippen LogP contribution >= 0.6 is 0 Å². The lowest BCUT2D eigenvalue weighted by atomic mass is 9.82. The van der Waals surface area contributed by atoms with E-state index >= 15 is 0 Å². The number of aromatic hydroxyl groups is 1. The van der Waals surface area contributed by atoms with Crippen molar-refractivity contribution >= 4 is 20.9 Å². The third-order valence-electron chi connectivity index (χ3n) is 4.15. The third-order valence-corrected chi connectivity index (χ3v) is 5.12. The molecule has 0 heterocycles. The van der Waals surface area contributed by atoms with Crippen LogP contribution in [-0.4, -0.2) is 19.0 Å². The smallest absolute Gasteiger partial charge is 0.508 e. The van der Waals surface area contributed by atoms with Crippen molar-refractivity contribution < 1.29 is 30.9 Å². The molecule has 0 aromatic heterocycles. The molecule has 150 valence electrons. The zero-order valence-corrected chi connectivity index (χ0v) is 16.8. The van der Waals surface area contributed by atoms with Crippen molar-refractivity contribution in [3.8, 4) is 11.5 Å². The van der Waals surface area contributed by atoms with E-state index in [4.69, 9.17) is 0 Å². The fourth-order valence-electron chi connectivity index (χ4n) is 2.74. The van der Waals surface area contributed by atoms with E-state index in [-0.39, 0.29) is 11.2 Å². The molecule has 0 bridgehead atoms. The first-order valence-corrected chi connectivity index (χ1v) is 9.67. The van der Waals surface area contributed by atoms with Crippen LogP contribution < -0.4 is 4.18 Å². The molecule has 4 nitrogen and oxygen atoms in total. The number of halogens is 3. The average molecular weight is 404 g/mol. The van der Waals surface area contributed by atoms with Crippen molar-refractivity contribution in [1.29, 1.82) is 0 Å². The van der Waals surface area contributed by atoms with E-state index in [1.807, 2.05) is 20.8 Å². The molecular weight excluding hydrogens is 381 g/mol.